The first-order valence-electron chi connectivity index (χ1n) is 3.64. The van der Waals surface area contributed by atoms with Crippen molar-refractivity contribution >= 4 is 5.69 Å². The van der Waals surface area contributed by atoms with Crippen molar-refractivity contribution in [3.8, 4) is 0 Å². The van der Waals surface area contributed by atoms with Crippen molar-refractivity contribution in [2.45, 2.75) is 13.1 Å². The summed E-state index contributed by atoms with van der Waals surface area (Å²) in [5.41, 5.74) is -1.31. The predicted octanol–water partition coefficient (Wildman–Crippen LogP) is 2.92. The van der Waals surface area contributed by atoms with Gasteiger partial charge in [0.25, 0.3) is 5.69 Å². The van der Waals surface area contributed by atoms with Gasteiger partial charge in [0.05, 0.1) is 10.5 Å². The van der Waals surface area contributed by atoms with Crippen molar-refractivity contribution in [1.82, 2.24) is 0 Å². The second-order valence-electron chi connectivity index (χ2n) is 2.76. The van der Waals surface area contributed by atoms with Gasteiger partial charge in [0.2, 0.25) is 0 Å². The monoisotopic (exact) mass is 205 g/mol. The number of hydrogen-bond donors (Lipinski definition) is 0. The normalized spacial score (nSPS) is 11.4. The maximum atomic E-state index is 12.1. The molecule has 0 amide bonds. The van der Waals surface area contributed by atoms with Crippen LogP contribution in [0.25, 0.3) is 0 Å². The number of benzene rings is 1. The smallest absolute Gasteiger partial charge is 0.258 e. The van der Waals surface area contributed by atoms with Crippen LogP contribution in [-0.2, 0) is 6.18 Å². The molecule has 0 N–H and O–H groups in total. The van der Waals surface area contributed by atoms with E-state index in [-0.39, 0.29) is 5.56 Å². The molecule has 1 aromatic carbocycles. The third kappa shape index (κ3) is 2.01. The summed E-state index contributed by atoms with van der Waals surface area (Å²) in [7, 11) is 0. The number of nitrogens with zero attached hydrogens (tertiary/aromatic N) is 1. The molecule has 0 fully saturated rings. The molecule has 0 saturated carbocycles. The average molecular weight is 205 g/mol. The first-order valence-corrected chi connectivity index (χ1v) is 3.64. The zero-order chi connectivity index (χ0) is 10.9. The summed E-state index contributed by atoms with van der Waals surface area (Å²) in [4.78, 5) is 9.51. The molecule has 76 valence electrons. The molecule has 0 aromatic heterocycles. The van der Waals surface area contributed by atoms with Crippen LogP contribution in [0.5, 0.6) is 0 Å². The molecule has 0 unspecified atom stereocenters. The van der Waals surface area contributed by atoms with Crippen LogP contribution in [0, 0.1) is 17.0 Å². The van der Waals surface area contributed by atoms with Gasteiger partial charge in [-0.1, -0.05) is 6.07 Å². The number of aryl methyl sites for hydroxylation is 1. The van der Waals surface area contributed by atoms with E-state index in [0.717, 1.165) is 12.1 Å². The van der Waals surface area contributed by atoms with Crippen LogP contribution >= 0.6 is 0 Å². The van der Waals surface area contributed by atoms with Crippen molar-refractivity contribution in [3.05, 3.63) is 39.4 Å². The van der Waals surface area contributed by atoms with Gasteiger partial charge in [-0.3, -0.25) is 10.1 Å². The second kappa shape index (κ2) is 3.28. The van der Waals surface area contributed by atoms with Gasteiger partial charge in [-0.2, -0.15) is 13.2 Å². The van der Waals surface area contributed by atoms with Crippen molar-refractivity contribution in [3.63, 3.8) is 0 Å². The van der Waals surface area contributed by atoms with Crippen LogP contribution in [0.3, 0.4) is 0 Å². The quantitative estimate of drug-likeness (QED) is 0.522. The molecule has 1 rings (SSSR count). The number of nitro benzene ring substituents is 1. The van der Waals surface area contributed by atoms with Gasteiger partial charge in [0, 0.05) is 11.6 Å². The number of rotatable bonds is 1. The standard InChI is InChI=1S/C8H6F3NO2/c1-5-2-3-6(8(9,10)11)4-7(5)12(13)14/h2-4H,1H3. The predicted molar refractivity (Wildman–Crippen MR) is 42.8 cm³/mol. The van der Waals surface area contributed by atoms with Crippen molar-refractivity contribution < 1.29 is 18.1 Å². The van der Waals surface area contributed by atoms with Gasteiger partial charge < -0.3 is 0 Å². The van der Waals surface area contributed by atoms with Crippen LogP contribution in [0.15, 0.2) is 18.2 Å². The minimum absolute atomic E-state index is 0.211. The zero-order valence-corrected chi connectivity index (χ0v) is 7.13. The summed E-state index contributed by atoms with van der Waals surface area (Å²) < 4.78 is 36.4. The number of hydrogen-bond acceptors (Lipinski definition) is 2. The van der Waals surface area contributed by atoms with Gasteiger partial charge in [-0.05, 0) is 13.0 Å². The highest BCUT2D eigenvalue weighted by Gasteiger charge is 2.32. The van der Waals surface area contributed by atoms with Crippen LogP contribution in [0.2, 0.25) is 0 Å². The van der Waals surface area contributed by atoms with E-state index < -0.39 is 22.4 Å². The Hall–Kier alpha value is -1.59. The summed E-state index contributed by atoms with van der Waals surface area (Å²) in [6.45, 7) is 1.39. The highest BCUT2D eigenvalue weighted by Crippen LogP contribution is 2.32. The fourth-order valence-electron chi connectivity index (χ4n) is 0.982. The fourth-order valence-corrected chi connectivity index (χ4v) is 0.982. The fraction of sp³-hybridized carbons (Fsp3) is 0.250. The van der Waals surface area contributed by atoms with E-state index in [0.29, 0.717) is 6.07 Å². The summed E-state index contributed by atoms with van der Waals surface area (Å²) >= 11 is 0. The topological polar surface area (TPSA) is 43.1 Å². The Bertz CT molecular complexity index is 373. The molecule has 0 saturated heterocycles. The lowest BCUT2D eigenvalue weighted by Crippen LogP contribution is -2.05. The molecule has 0 spiro atoms. The molecule has 0 aliphatic carbocycles. The van der Waals surface area contributed by atoms with Crippen molar-refractivity contribution in [1.29, 1.82) is 0 Å². The number of alkyl halides is 3. The minimum Gasteiger partial charge on any atom is -0.258 e. The van der Waals surface area contributed by atoms with Gasteiger partial charge in [0.15, 0.2) is 0 Å². The average Bonchev–Trinajstić information content (AvgIpc) is 2.02. The molecule has 1 aromatic rings. The molecule has 0 aliphatic rings. The highest BCUT2D eigenvalue weighted by molar-refractivity contribution is 5.43. The highest BCUT2D eigenvalue weighted by atomic mass is 19.4. The molecule has 6 heteroatoms. The zero-order valence-electron chi connectivity index (χ0n) is 7.13. The van der Waals surface area contributed by atoms with Crippen molar-refractivity contribution in [2.24, 2.45) is 0 Å². The first-order chi connectivity index (χ1) is 6.32. The molecular weight excluding hydrogens is 199 g/mol. The Morgan fingerprint density at radius 3 is 2.36 bits per heavy atom. The van der Waals surface area contributed by atoms with E-state index in [1.165, 1.54) is 6.92 Å². The third-order valence-corrected chi connectivity index (χ3v) is 1.73. The van der Waals surface area contributed by atoms with E-state index >= 15 is 0 Å². The molecule has 14 heavy (non-hydrogen) atoms. The maximum absolute atomic E-state index is 12.1. The van der Waals surface area contributed by atoms with Crippen LogP contribution in [0.4, 0.5) is 18.9 Å². The summed E-state index contributed by atoms with van der Waals surface area (Å²) in [6.07, 6.45) is -4.54. The van der Waals surface area contributed by atoms with E-state index in [1.807, 2.05) is 0 Å². The first kappa shape index (κ1) is 10.5. The molecule has 0 radical (unpaired) electrons. The summed E-state index contributed by atoms with van der Waals surface area (Å²) in [5, 5.41) is 10.3. The largest absolute Gasteiger partial charge is 0.416 e. The minimum atomic E-state index is -4.54. The molecule has 0 bridgehead atoms. The SMILES string of the molecule is Cc1ccc(C(F)(F)F)cc1[N+](=O)[O-]. The lowest BCUT2D eigenvalue weighted by Gasteiger charge is -2.06. The van der Waals surface area contributed by atoms with Crippen LogP contribution < -0.4 is 0 Å². The molecule has 3 nitrogen and oxygen atoms in total. The number of halogens is 3. The van der Waals surface area contributed by atoms with E-state index in [1.54, 1.807) is 0 Å². The van der Waals surface area contributed by atoms with E-state index in [9.17, 15) is 23.3 Å². The summed E-state index contributed by atoms with van der Waals surface area (Å²) in [6, 6.07) is 2.44. The van der Waals surface area contributed by atoms with Crippen molar-refractivity contribution in [2.75, 3.05) is 0 Å². The second-order valence-corrected chi connectivity index (χ2v) is 2.76. The van der Waals surface area contributed by atoms with Crippen LogP contribution in [0.1, 0.15) is 11.1 Å². The lowest BCUT2D eigenvalue weighted by atomic mass is 10.1. The third-order valence-electron chi connectivity index (χ3n) is 1.73. The number of nitro groups is 1. The Labute approximate surface area is 77.3 Å². The maximum Gasteiger partial charge on any atom is 0.416 e. The molecular formula is C8H6F3NO2. The Kier molecular flexibility index (Phi) is 2.46. The molecule has 0 aliphatic heterocycles. The van der Waals surface area contributed by atoms with E-state index in [2.05, 4.69) is 0 Å². The Morgan fingerprint density at radius 2 is 1.93 bits per heavy atom. The molecule has 0 atom stereocenters. The summed E-state index contributed by atoms with van der Waals surface area (Å²) in [5.74, 6) is 0. The Morgan fingerprint density at radius 1 is 1.36 bits per heavy atom. The van der Waals surface area contributed by atoms with Gasteiger partial charge in [0.1, 0.15) is 0 Å². The van der Waals surface area contributed by atoms with Crippen LogP contribution in [-0.4, -0.2) is 4.92 Å². The Balaban J connectivity index is 3.27. The van der Waals surface area contributed by atoms with Gasteiger partial charge in [-0.25, -0.2) is 0 Å². The molecule has 0 heterocycles. The van der Waals surface area contributed by atoms with Gasteiger partial charge in [-0.15, -0.1) is 0 Å². The van der Waals surface area contributed by atoms with E-state index in [4.69, 9.17) is 0 Å². The lowest BCUT2D eigenvalue weighted by molar-refractivity contribution is -0.385. The van der Waals surface area contributed by atoms with Gasteiger partial charge >= 0.3 is 6.18 Å².